The Kier molecular flexibility index (Phi) is 8.02. The number of aromatic nitrogens is 1. The maximum absolute atomic E-state index is 12.0. The number of amides is 1. The molecule has 3 rings (SSSR count). The molecule has 1 atom stereocenters. The van der Waals surface area contributed by atoms with Crippen LogP contribution in [0.15, 0.2) is 47.5 Å². The molecule has 0 saturated carbocycles. The van der Waals surface area contributed by atoms with E-state index in [1.54, 1.807) is 0 Å². The molecule has 7 heteroatoms. The summed E-state index contributed by atoms with van der Waals surface area (Å²) < 4.78 is 0. The fraction of sp³-hybridized carbons (Fsp3) is 0.350. The minimum atomic E-state index is 0. The van der Waals surface area contributed by atoms with E-state index in [-0.39, 0.29) is 35.8 Å². The second-order valence-electron chi connectivity index (χ2n) is 6.38. The van der Waals surface area contributed by atoms with E-state index < -0.39 is 0 Å². The molecule has 144 valence electrons. The fourth-order valence-electron chi connectivity index (χ4n) is 3.09. The molecule has 2 heterocycles. The molecule has 27 heavy (non-hydrogen) atoms. The van der Waals surface area contributed by atoms with E-state index >= 15 is 0 Å². The van der Waals surface area contributed by atoms with Crippen molar-refractivity contribution in [2.24, 2.45) is 4.99 Å². The Morgan fingerprint density at radius 1 is 1.22 bits per heavy atom. The number of carbonyl (C=O) groups is 1. The number of aliphatic imine (C=N–C) groups is 1. The molecule has 1 aromatic carbocycles. The van der Waals surface area contributed by atoms with Crippen molar-refractivity contribution < 1.29 is 4.79 Å². The van der Waals surface area contributed by atoms with Crippen LogP contribution < -0.4 is 16.0 Å². The van der Waals surface area contributed by atoms with Crippen LogP contribution in [-0.2, 0) is 11.3 Å². The Morgan fingerprint density at radius 2 is 2.04 bits per heavy atom. The summed E-state index contributed by atoms with van der Waals surface area (Å²) in [5.74, 6) is 0.918. The van der Waals surface area contributed by atoms with Gasteiger partial charge in [0.25, 0.3) is 0 Å². The third kappa shape index (κ3) is 5.92. The topological polar surface area (TPSA) is 78.4 Å². The zero-order chi connectivity index (χ0) is 18.4. The van der Waals surface area contributed by atoms with Gasteiger partial charge in [-0.15, -0.1) is 24.0 Å². The van der Waals surface area contributed by atoms with Crippen molar-refractivity contribution in [1.82, 2.24) is 15.6 Å². The molecule has 2 aromatic rings. The van der Waals surface area contributed by atoms with E-state index in [1.807, 2.05) is 50.2 Å². The van der Waals surface area contributed by atoms with Crippen molar-refractivity contribution in [2.45, 2.75) is 32.7 Å². The van der Waals surface area contributed by atoms with E-state index in [4.69, 9.17) is 0 Å². The van der Waals surface area contributed by atoms with Gasteiger partial charge in [-0.1, -0.05) is 24.3 Å². The van der Waals surface area contributed by atoms with Gasteiger partial charge in [0.1, 0.15) is 0 Å². The van der Waals surface area contributed by atoms with Crippen molar-refractivity contribution in [3.8, 4) is 0 Å². The highest BCUT2D eigenvalue weighted by atomic mass is 127. The number of fused-ring (bicyclic) bond motifs is 1. The van der Waals surface area contributed by atoms with Gasteiger partial charge in [0.15, 0.2) is 5.96 Å². The predicted molar refractivity (Wildman–Crippen MR) is 120 cm³/mol. The Labute approximate surface area is 177 Å². The number of hydrogen-bond donors (Lipinski definition) is 3. The number of hydrogen-bond acceptors (Lipinski definition) is 3. The lowest BCUT2D eigenvalue weighted by Gasteiger charge is -2.26. The molecule has 1 unspecified atom stereocenters. The van der Waals surface area contributed by atoms with Crippen LogP contribution in [0, 0.1) is 6.92 Å². The second-order valence-corrected chi connectivity index (χ2v) is 6.38. The zero-order valence-electron chi connectivity index (χ0n) is 15.7. The first-order chi connectivity index (χ1) is 12.7. The van der Waals surface area contributed by atoms with Crippen LogP contribution >= 0.6 is 24.0 Å². The first-order valence-corrected chi connectivity index (χ1v) is 8.99. The number of pyridine rings is 1. The van der Waals surface area contributed by atoms with E-state index in [2.05, 4.69) is 32.0 Å². The monoisotopic (exact) mass is 479 g/mol. The first-order valence-electron chi connectivity index (χ1n) is 8.99. The normalized spacial score (nSPS) is 16.0. The lowest BCUT2D eigenvalue weighted by Crippen LogP contribution is -2.40. The summed E-state index contributed by atoms with van der Waals surface area (Å²) in [5, 5.41) is 9.55. The average Bonchev–Trinajstić information content (AvgIpc) is 2.63. The molecule has 1 amide bonds. The van der Waals surface area contributed by atoms with Gasteiger partial charge in [-0.25, -0.2) is 4.99 Å². The number of nitrogens with zero attached hydrogens (tertiary/aromatic N) is 2. The molecular weight excluding hydrogens is 453 g/mol. The van der Waals surface area contributed by atoms with Crippen molar-refractivity contribution in [2.75, 3.05) is 18.4 Å². The van der Waals surface area contributed by atoms with Crippen LogP contribution in [0.2, 0.25) is 0 Å². The summed E-state index contributed by atoms with van der Waals surface area (Å²) in [7, 11) is 0. The summed E-state index contributed by atoms with van der Waals surface area (Å²) in [5.41, 5.74) is 3.99. The van der Waals surface area contributed by atoms with Crippen molar-refractivity contribution in [3.63, 3.8) is 0 Å². The smallest absolute Gasteiger partial charge is 0.225 e. The van der Waals surface area contributed by atoms with Gasteiger partial charge >= 0.3 is 0 Å². The third-order valence-electron chi connectivity index (χ3n) is 4.31. The lowest BCUT2D eigenvalue weighted by atomic mass is 9.90. The van der Waals surface area contributed by atoms with Gasteiger partial charge in [-0.05, 0) is 37.6 Å². The number of rotatable bonds is 5. The van der Waals surface area contributed by atoms with Crippen molar-refractivity contribution in [3.05, 3.63) is 59.4 Å². The van der Waals surface area contributed by atoms with Gasteiger partial charge < -0.3 is 16.0 Å². The molecular formula is C20H26IN5O. The molecule has 0 aliphatic carbocycles. The summed E-state index contributed by atoms with van der Waals surface area (Å²) in [6.45, 7) is 5.94. The molecule has 0 saturated heterocycles. The van der Waals surface area contributed by atoms with Crippen molar-refractivity contribution in [1.29, 1.82) is 0 Å². The SMILES string of the molecule is CCNC(=NCc1cccc(C)n1)NCC1CC(=O)Nc2ccccc21.I. The molecule has 1 aromatic heterocycles. The molecule has 0 radical (unpaired) electrons. The fourth-order valence-corrected chi connectivity index (χ4v) is 3.09. The summed E-state index contributed by atoms with van der Waals surface area (Å²) in [4.78, 5) is 21.1. The number of carbonyl (C=O) groups excluding carboxylic acids is 1. The molecule has 0 bridgehead atoms. The first kappa shape index (κ1) is 21.1. The predicted octanol–water partition coefficient (Wildman–Crippen LogP) is 3.19. The standard InChI is InChI=1S/C20H25N5O.HI/c1-3-21-20(23-13-16-8-6-7-14(2)24-16)22-12-15-11-19(26)25-18-10-5-4-9-17(15)18;/h4-10,15H,3,11-13H2,1-2H3,(H,25,26)(H2,21,22,23);1H. The van der Waals surface area contributed by atoms with Gasteiger partial charge in [-0.2, -0.15) is 0 Å². The van der Waals surface area contributed by atoms with E-state index in [9.17, 15) is 4.79 Å². The van der Waals surface area contributed by atoms with E-state index in [0.29, 0.717) is 19.5 Å². The Morgan fingerprint density at radius 3 is 2.81 bits per heavy atom. The zero-order valence-corrected chi connectivity index (χ0v) is 18.0. The number of nitrogens with one attached hydrogen (secondary N) is 3. The highest BCUT2D eigenvalue weighted by Gasteiger charge is 2.24. The van der Waals surface area contributed by atoms with Crippen LogP contribution in [0.5, 0.6) is 0 Å². The number of aryl methyl sites for hydroxylation is 1. The van der Waals surface area contributed by atoms with Gasteiger partial charge in [0.2, 0.25) is 5.91 Å². The lowest BCUT2D eigenvalue weighted by molar-refractivity contribution is -0.116. The molecule has 6 nitrogen and oxygen atoms in total. The maximum atomic E-state index is 12.0. The van der Waals surface area contributed by atoms with Crippen LogP contribution in [0.25, 0.3) is 0 Å². The van der Waals surface area contributed by atoms with Gasteiger partial charge in [0, 0.05) is 36.8 Å². The number of para-hydroxylation sites is 1. The molecule has 3 N–H and O–H groups in total. The van der Waals surface area contributed by atoms with Crippen LogP contribution in [0.1, 0.15) is 36.2 Å². The quantitative estimate of drug-likeness (QED) is 0.350. The minimum Gasteiger partial charge on any atom is -0.357 e. The van der Waals surface area contributed by atoms with E-state index in [1.165, 1.54) is 0 Å². The Hall–Kier alpha value is -2.16. The summed E-state index contributed by atoms with van der Waals surface area (Å²) >= 11 is 0. The van der Waals surface area contributed by atoms with Crippen LogP contribution in [-0.4, -0.2) is 29.9 Å². The van der Waals surface area contributed by atoms with Crippen molar-refractivity contribution >= 4 is 41.5 Å². The number of anilines is 1. The molecule has 1 aliphatic rings. The summed E-state index contributed by atoms with van der Waals surface area (Å²) in [6.07, 6.45) is 0.475. The maximum Gasteiger partial charge on any atom is 0.225 e. The molecule has 0 fully saturated rings. The highest BCUT2D eigenvalue weighted by molar-refractivity contribution is 14.0. The second kappa shape index (κ2) is 10.2. The van der Waals surface area contributed by atoms with Gasteiger partial charge in [-0.3, -0.25) is 9.78 Å². The number of halogens is 1. The summed E-state index contributed by atoms with van der Waals surface area (Å²) in [6, 6.07) is 13.9. The third-order valence-corrected chi connectivity index (χ3v) is 4.31. The molecule has 1 aliphatic heterocycles. The van der Waals surface area contributed by atoms with E-state index in [0.717, 1.165) is 35.1 Å². The average molecular weight is 479 g/mol. The van der Waals surface area contributed by atoms with Crippen LogP contribution in [0.4, 0.5) is 5.69 Å². The van der Waals surface area contributed by atoms with Crippen LogP contribution in [0.3, 0.4) is 0 Å². The minimum absolute atomic E-state index is 0. The largest absolute Gasteiger partial charge is 0.357 e. The number of guanidine groups is 1. The Balaban J connectivity index is 0.00000261. The molecule has 0 spiro atoms. The van der Waals surface area contributed by atoms with Gasteiger partial charge in [0.05, 0.1) is 12.2 Å². The highest BCUT2D eigenvalue weighted by Crippen LogP contribution is 2.31. The Bertz CT molecular complexity index is 808. The number of benzene rings is 1.